The predicted molar refractivity (Wildman–Crippen MR) is 134 cm³/mol. The molecule has 1 aliphatic heterocycles. The lowest BCUT2D eigenvalue weighted by Gasteiger charge is -2.37. The zero-order valence-electron chi connectivity index (χ0n) is 20.0. The van der Waals surface area contributed by atoms with Crippen LogP contribution in [0.5, 0.6) is 0 Å². The second-order valence-electron chi connectivity index (χ2n) is 9.19. The number of anilines is 2. The van der Waals surface area contributed by atoms with Gasteiger partial charge >= 0.3 is 5.97 Å². The quantitative estimate of drug-likeness (QED) is 0.416. The number of likely N-dealkylation sites (tertiary alicyclic amines) is 1. The third kappa shape index (κ3) is 4.17. The van der Waals surface area contributed by atoms with E-state index < -0.39 is 11.6 Å². The number of nitrogens with zero attached hydrogens (tertiary/aromatic N) is 4. The lowest BCUT2D eigenvalue weighted by molar-refractivity contribution is 0.0421. The normalized spacial score (nSPS) is 15.1. The summed E-state index contributed by atoms with van der Waals surface area (Å²) in [5, 5.41) is 17.0. The van der Waals surface area contributed by atoms with E-state index >= 15 is 4.39 Å². The first kappa shape index (κ1) is 23.5. The third-order valence-corrected chi connectivity index (χ3v) is 6.77. The first-order chi connectivity index (χ1) is 17.3. The molecule has 1 fully saturated rings. The lowest BCUT2D eigenvalue weighted by Crippen LogP contribution is -2.43. The van der Waals surface area contributed by atoms with E-state index in [0.717, 1.165) is 16.8 Å². The van der Waals surface area contributed by atoms with Gasteiger partial charge in [-0.25, -0.2) is 14.2 Å². The van der Waals surface area contributed by atoms with Gasteiger partial charge in [0.05, 0.1) is 6.20 Å². The maximum atomic E-state index is 15.6. The van der Waals surface area contributed by atoms with Crippen LogP contribution in [0.1, 0.15) is 50.2 Å². The molecule has 9 heteroatoms. The van der Waals surface area contributed by atoms with Crippen LogP contribution in [0.2, 0.25) is 0 Å². The van der Waals surface area contributed by atoms with E-state index in [1.165, 1.54) is 16.9 Å². The molecule has 0 saturated carbocycles. The van der Waals surface area contributed by atoms with Crippen LogP contribution in [-0.2, 0) is 5.67 Å². The van der Waals surface area contributed by atoms with Crippen molar-refractivity contribution >= 4 is 29.0 Å². The van der Waals surface area contributed by atoms with E-state index in [2.05, 4.69) is 15.4 Å². The first-order valence-electron chi connectivity index (χ1n) is 11.7. The molecule has 36 heavy (non-hydrogen) atoms. The molecule has 3 heterocycles. The van der Waals surface area contributed by atoms with Crippen LogP contribution in [0.25, 0.3) is 5.65 Å². The van der Waals surface area contributed by atoms with Gasteiger partial charge in [-0.1, -0.05) is 42.5 Å². The number of fused-ring (bicyclic) bond motifs is 1. The summed E-state index contributed by atoms with van der Waals surface area (Å²) in [6, 6.07) is 14.9. The summed E-state index contributed by atoms with van der Waals surface area (Å²) in [5.41, 5.74) is 2.14. The van der Waals surface area contributed by atoms with Crippen molar-refractivity contribution in [2.24, 2.45) is 0 Å². The Kier molecular flexibility index (Phi) is 5.91. The number of hydrogen-bond donors (Lipinski definition) is 2. The zero-order valence-corrected chi connectivity index (χ0v) is 20.0. The number of benzene rings is 2. The number of carbonyl (C=O) groups is 2. The van der Waals surface area contributed by atoms with Gasteiger partial charge in [0.1, 0.15) is 22.6 Å². The fraction of sp³-hybridized carbons (Fsp3) is 0.259. The largest absolute Gasteiger partial charge is 0.477 e. The number of halogens is 1. The van der Waals surface area contributed by atoms with Gasteiger partial charge in [-0.3, -0.25) is 4.79 Å². The van der Waals surface area contributed by atoms with E-state index in [0.29, 0.717) is 11.4 Å². The molecule has 0 atom stereocenters. The number of rotatable bonds is 5. The first-order valence-corrected chi connectivity index (χ1v) is 11.7. The fourth-order valence-corrected chi connectivity index (χ4v) is 4.62. The highest BCUT2D eigenvalue weighted by Crippen LogP contribution is 2.37. The van der Waals surface area contributed by atoms with Gasteiger partial charge in [-0.05, 0) is 36.6 Å². The van der Waals surface area contributed by atoms with E-state index in [1.807, 2.05) is 50.2 Å². The summed E-state index contributed by atoms with van der Waals surface area (Å²) in [5.74, 6) is -1.17. The topological polar surface area (TPSA) is 99.8 Å². The Bertz CT molecular complexity index is 1460. The number of aryl methyl sites for hydroxylation is 2. The van der Waals surface area contributed by atoms with Gasteiger partial charge in [0.15, 0.2) is 5.65 Å². The minimum absolute atomic E-state index is 0.0685. The Balaban J connectivity index is 1.50. The van der Waals surface area contributed by atoms with Gasteiger partial charge in [0, 0.05) is 37.8 Å². The van der Waals surface area contributed by atoms with E-state index in [1.54, 1.807) is 17.0 Å². The highest BCUT2D eigenvalue weighted by molar-refractivity contribution is 6.01. The third-order valence-electron chi connectivity index (χ3n) is 6.77. The number of nitrogens with one attached hydrogen (secondary N) is 1. The number of amides is 1. The van der Waals surface area contributed by atoms with Crippen molar-refractivity contribution in [3.8, 4) is 0 Å². The summed E-state index contributed by atoms with van der Waals surface area (Å²) >= 11 is 0. The minimum atomic E-state index is -1.49. The maximum absolute atomic E-state index is 15.6. The summed E-state index contributed by atoms with van der Waals surface area (Å²) in [4.78, 5) is 31.2. The molecule has 1 saturated heterocycles. The monoisotopic (exact) mass is 487 g/mol. The fourth-order valence-electron chi connectivity index (χ4n) is 4.62. The van der Waals surface area contributed by atoms with Gasteiger partial charge in [0.25, 0.3) is 5.91 Å². The van der Waals surface area contributed by atoms with Crippen molar-refractivity contribution in [2.45, 2.75) is 32.4 Å². The van der Waals surface area contributed by atoms with E-state index in [-0.39, 0.29) is 48.6 Å². The zero-order chi connectivity index (χ0) is 25.4. The van der Waals surface area contributed by atoms with Crippen LogP contribution in [0.4, 0.5) is 15.9 Å². The molecule has 1 aliphatic rings. The Morgan fingerprint density at radius 2 is 1.75 bits per heavy atom. The number of aromatic carboxylic acids is 1. The Labute approximate surface area is 207 Å². The number of alkyl halides is 1. The Morgan fingerprint density at radius 3 is 2.44 bits per heavy atom. The standard InChI is InChI=1S/C27H26FN5O3/c1-17-8-9-18(2)22(14-17)31-24-20(15-29-23-21(26(35)36)16-30-33(23)24)25(34)32-12-10-27(28,11-13-32)19-6-4-3-5-7-19/h3-9,14-16,31H,10-13H2,1-2H3,(H,35,36). The van der Waals surface area contributed by atoms with Crippen molar-refractivity contribution < 1.29 is 19.1 Å². The number of piperidine rings is 1. The summed E-state index contributed by atoms with van der Waals surface area (Å²) in [6.07, 6.45) is 2.95. The molecule has 0 spiro atoms. The van der Waals surface area contributed by atoms with Crippen molar-refractivity contribution in [1.29, 1.82) is 0 Å². The smallest absolute Gasteiger partial charge is 0.341 e. The molecule has 8 nitrogen and oxygen atoms in total. The molecule has 0 radical (unpaired) electrons. The number of carboxylic acid groups (broad SMARTS) is 1. The van der Waals surface area contributed by atoms with Gasteiger partial charge in [-0.2, -0.15) is 9.61 Å². The van der Waals surface area contributed by atoms with Gasteiger partial charge < -0.3 is 15.3 Å². The Morgan fingerprint density at radius 1 is 1.03 bits per heavy atom. The minimum Gasteiger partial charge on any atom is -0.477 e. The van der Waals surface area contributed by atoms with E-state index in [4.69, 9.17) is 0 Å². The van der Waals surface area contributed by atoms with Crippen LogP contribution < -0.4 is 5.32 Å². The average Bonchev–Trinajstić information content (AvgIpc) is 3.32. The van der Waals surface area contributed by atoms with Gasteiger partial charge in [-0.15, -0.1) is 0 Å². The molecule has 2 aromatic carbocycles. The SMILES string of the molecule is Cc1ccc(C)c(Nc2c(C(=O)N3CCC(F)(c4ccccc4)CC3)cnc3c(C(=O)O)cnn23)c1. The predicted octanol–water partition coefficient (Wildman–Crippen LogP) is 4.89. The van der Waals surface area contributed by atoms with Crippen LogP contribution in [0.15, 0.2) is 60.9 Å². The van der Waals surface area contributed by atoms with Gasteiger partial charge in [0.2, 0.25) is 0 Å². The molecule has 0 aliphatic carbocycles. The summed E-state index contributed by atoms with van der Waals surface area (Å²) in [7, 11) is 0. The second kappa shape index (κ2) is 9.07. The molecule has 184 valence electrons. The molecule has 0 bridgehead atoms. The van der Waals surface area contributed by atoms with Crippen LogP contribution in [0.3, 0.4) is 0 Å². The van der Waals surface area contributed by atoms with Crippen molar-refractivity contribution in [2.75, 3.05) is 18.4 Å². The van der Waals surface area contributed by atoms with E-state index in [9.17, 15) is 14.7 Å². The molecule has 2 N–H and O–H groups in total. The van der Waals surface area contributed by atoms with Crippen molar-refractivity contribution in [3.63, 3.8) is 0 Å². The Hall–Kier alpha value is -4.27. The molecular formula is C27H26FN5O3. The maximum Gasteiger partial charge on any atom is 0.341 e. The van der Waals surface area contributed by atoms with Crippen molar-refractivity contribution in [3.05, 3.63) is 88.7 Å². The molecule has 5 rings (SSSR count). The second-order valence-corrected chi connectivity index (χ2v) is 9.19. The molecule has 4 aromatic rings. The highest BCUT2D eigenvalue weighted by Gasteiger charge is 2.38. The summed E-state index contributed by atoms with van der Waals surface area (Å²) in [6.45, 7) is 4.37. The molecular weight excluding hydrogens is 461 g/mol. The highest BCUT2D eigenvalue weighted by atomic mass is 19.1. The lowest BCUT2D eigenvalue weighted by atomic mass is 9.86. The van der Waals surface area contributed by atoms with Crippen LogP contribution >= 0.6 is 0 Å². The van der Waals surface area contributed by atoms with Crippen molar-refractivity contribution in [1.82, 2.24) is 19.5 Å². The summed E-state index contributed by atoms with van der Waals surface area (Å²) < 4.78 is 17.0. The number of hydrogen-bond acceptors (Lipinski definition) is 5. The van der Waals surface area contributed by atoms with Crippen LogP contribution in [0, 0.1) is 13.8 Å². The van der Waals surface area contributed by atoms with Crippen LogP contribution in [-0.4, -0.2) is 49.6 Å². The molecule has 2 aromatic heterocycles. The number of carboxylic acids is 1. The molecule has 1 amide bonds. The average molecular weight is 488 g/mol. The molecule has 0 unspecified atom stereocenters. The number of carbonyl (C=O) groups excluding carboxylic acids is 1. The number of aromatic nitrogens is 3.